The number of rotatable bonds is 5. The van der Waals surface area contributed by atoms with Crippen LogP contribution in [-0.2, 0) is 16.0 Å². The SMILES string of the molecule is O=C(O)[C@H]1CC[C@@H](C(=O)NCCc2ccco2)C1. The monoisotopic (exact) mass is 251 g/mol. The van der Waals surface area contributed by atoms with Crippen molar-refractivity contribution in [2.45, 2.75) is 25.7 Å². The number of furan rings is 1. The van der Waals surface area contributed by atoms with Crippen molar-refractivity contribution in [2.75, 3.05) is 6.54 Å². The van der Waals surface area contributed by atoms with Gasteiger partial charge >= 0.3 is 5.97 Å². The van der Waals surface area contributed by atoms with E-state index >= 15 is 0 Å². The van der Waals surface area contributed by atoms with Crippen molar-refractivity contribution in [3.63, 3.8) is 0 Å². The average molecular weight is 251 g/mol. The van der Waals surface area contributed by atoms with Crippen molar-refractivity contribution in [3.05, 3.63) is 24.2 Å². The molecule has 1 aromatic heterocycles. The van der Waals surface area contributed by atoms with Crippen molar-refractivity contribution >= 4 is 11.9 Å². The Hall–Kier alpha value is -1.78. The molecular weight excluding hydrogens is 234 g/mol. The van der Waals surface area contributed by atoms with Crippen LogP contribution in [-0.4, -0.2) is 23.5 Å². The first kappa shape index (κ1) is 12.7. The lowest BCUT2D eigenvalue weighted by molar-refractivity contribution is -0.141. The minimum Gasteiger partial charge on any atom is -0.481 e. The first-order valence-corrected chi connectivity index (χ1v) is 6.19. The number of aliphatic carboxylic acids is 1. The minimum atomic E-state index is -0.791. The van der Waals surface area contributed by atoms with Gasteiger partial charge in [-0.25, -0.2) is 0 Å². The summed E-state index contributed by atoms with van der Waals surface area (Å²) in [6.07, 6.45) is 4.00. The molecule has 0 spiro atoms. The zero-order valence-electron chi connectivity index (χ0n) is 10.1. The predicted octanol–water partition coefficient (Wildman–Crippen LogP) is 1.44. The second-order valence-electron chi connectivity index (χ2n) is 4.67. The van der Waals surface area contributed by atoms with Gasteiger partial charge < -0.3 is 14.8 Å². The number of amides is 1. The van der Waals surface area contributed by atoms with Gasteiger partial charge in [-0.3, -0.25) is 9.59 Å². The smallest absolute Gasteiger partial charge is 0.306 e. The van der Waals surface area contributed by atoms with E-state index in [0.717, 1.165) is 5.76 Å². The molecule has 2 atom stereocenters. The molecule has 0 aliphatic heterocycles. The average Bonchev–Trinajstić information content (AvgIpc) is 2.99. The summed E-state index contributed by atoms with van der Waals surface area (Å²) in [4.78, 5) is 22.6. The molecule has 0 saturated heterocycles. The van der Waals surface area contributed by atoms with E-state index in [9.17, 15) is 9.59 Å². The van der Waals surface area contributed by atoms with Gasteiger partial charge in [0.1, 0.15) is 5.76 Å². The van der Waals surface area contributed by atoms with Crippen LogP contribution in [0, 0.1) is 11.8 Å². The highest BCUT2D eigenvalue weighted by Gasteiger charge is 2.33. The van der Waals surface area contributed by atoms with Crippen molar-refractivity contribution < 1.29 is 19.1 Å². The third kappa shape index (κ3) is 3.12. The van der Waals surface area contributed by atoms with E-state index in [1.165, 1.54) is 0 Å². The van der Waals surface area contributed by atoms with Gasteiger partial charge in [-0.15, -0.1) is 0 Å². The van der Waals surface area contributed by atoms with E-state index in [2.05, 4.69) is 5.32 Å². The van der Waals surface area contributed by atoms with Crippen LogP contribution in [0.4, 0.5) is 0 Å². The van der Waals surface area contributed by atoms with Gasteiger partial charge in [0.15, 0.2) is 0 Å². The second kappa shape index (κ2) is 5.71. The van der Waals surface area contributed by atoms with Crippen LogP contribution in [0.25, 0.3) is 0 Å². The number of carbonyl (C=O) groups excluding carboxylic acids is 1. The number of hydrogen-bond donors (Lipinski definition) is 2. The quantitative estimate of drug-likeness (QED) is 0.829. The van der Waals surface area contributed by atoms with E-state index in [1.54, 1.807) is 6.26 Å². The number of hydrogen-bond acceptors (Lipinski definition) is 3. The van der Waals surface area contributed by atoms with Gasteiger partial charge in [0, 0.05) is 18.9 Å². The highest BCUT2D eigenvalue weighted by Crippen LogP contribution is 2.30. The molecule has 5 nitrogen and oxygen atoms in total. The molecule has 0 unspecified atom stereocenters. The molecule has 5 heteroatoms. The third-order valence-electron chi connectivity index (χ3n) is 3.40. The normalized spacial score (nSPS) is 22.9. The van der Waals surface area contributed by atoms with Gasteiger partial charge in [-0.05, 0) is 31.4 Å². The Balaban J connectivity index is 1.71. The van der Waals surface area contributed by atoms with Crippen LogP contribution in [0.3, 0.4) is 0 Å². The molecule has 1 heterocycles. The summed E-state index contributed by atoms with van der Waals surface area (Å²) in [7, 11) is 0. The second-order valence-corrected chi connectivity index (χ2v) is 4.67. The molecular formula is C13H17NO4. The summed E-state index contributed by atoms with van der Waals surface area (Å²) >= 11 is 0. The zero-order chi connectivity index (χ0) is 13.0. The van der Waals surface area contributed by atoms with Gasteiger partial charge in [0.25, 0.3) is 0 Å². The van der Waals surface area contributed by atoms with Gasteiger partial charge in [-0.1, -0.05) is 0 Å². The zero-order valence-corrected chi connectivity index (χ0v) is 10.1. The first-order valence-electron chi connectivity index (χ1n) is 6.19. The molecule has 2 N–H and O–H groups in total. The summed E-state index contributed by atoms with van der Waals surface area (Å²) in [5.41, 5.74) is 0. The Kier molecular flexibility index (Phi) is 4.02. The van der Waals surface area contributed by atoms with Crippen molar-refractivity contribution in [1.82, 2.24) is 5.32 Å². The molecule has 18 heavy (non-hydrogen) atoms. The largest absolute Gasteiger partial charge is 0.481 e. The van der Waals surface area contributed by atoms with Gasteiger partial charge in [-0.2, -0.15) is 0 Å². The molecule has 0 radical (unpaired) electrons. The first-order chi connectivity index (χ1) is 8.66. The lowest BCUT2D eigenvalue weighted by atomic mass is 10.0. The maximum absolute atomic E-state index is 11.8. The fraction of sp³-hybridized carbons (Fsp3) is 0.538. The van der Waals surface area contributed by atoms with Gasteiger partial charge in [0.05, 0.1) is 12.2 Å². The predicted molar refractivity (Wildman–Crippen MR) is 63.9 cm³/mol. The summed E-state index contributed by atoms with van der Waals surface area (Å²) in [5.74, 6) is -0.496. The Labute approximate surface area is 105 Å². The standard InChI is InChI=1S/C13H17NO4/c15-12(9-3-4-10(8-9)13(16)17)14-6-5-11-2-1-7-18-11/h1-2,7,9-10H,3-6,8H2,(H,14,15)(H,16,17)/t9-,10+/m1/s1. The summed E-state index contributed by atoms with van der Waals surface area (Å²) in [6.45, 7) is 0.528. The number of nitrogens with one attached hydrogen (secondary N) is 1. The molecule has 0 bridgehead atoms. The topological polar surface area (TPSA) is 79.5 Å². The Morgan fingerprint density at radius 1 is 1.39 bits per heavy atom. The van der Waals surface area contributed by atoms with Crippen molar-refractivity contribution in [3.8, 4) is 0 Å². The molecule has 1 aliphatic rings. The van der Waals surface area contributed by atoms with Crippen LogP contribution in [0.15, 0.2) is 22.8 Å². The molecule has 2 rings (SSSR count). The van der Waals surface area contributed by atoms with E-state index in [1.807, 2.05) is 12.1 Å². The Morgan fingerprint density at radius 2 is 2.17 bits per heavy atom. The number of carboxylic acids is 1. The fourth-order valence-corrected chi connectivity index (χ4v) is 2.35. The molecule has 1 saturated carbocycles. The van der Waals surface area contributed by atoms with E-state index in [4.69, 9.17) is 9.52 Å². The van der Waals surface area contributed by atoms with Crippen LogP contribution in [0.1, 0.15) is 25.0 Å². The van der Waals surface area contributed by atoms with E-state index < -0.39 is 5.97 Å². The van der Waals surface area contributed by atoms with E-state index in [0.29, 0.717) is 32.2 Å². The highest BCUT2D eigenvalue weighted by molar-refractivity contribution is 5.80. The molecule has 1 amide bonds. The summed E-state index contributed by atoms with van der Waals surface area (Å²) < 4.78 is 5.16. The molecule has 1 fully saturated rings. The highest BCUT2D eigenvalue weighted by atomic mass is 16.4. The third-order valence-corrected chi connectivity index (χ3v) is 3.40. The van der Waals surface area contributed by atoms with E-state index in [-0.39, 0.29) is 17.7 Å². The Morgan fingerprint density at radius 3 is 2.78 bits per heavy atom. The maximum Gasteiger partial charge on any atom is 0.306 e. The molecule has 1 aliphatic carbocycles. The van der Waals surface area contributed by atoms with Crippen LogP contribution in [0.5, 0.6) is 0 Å². The van der Waals surface area contributed by atoms with Crippen molar-refractivity contribution in [2.24, 2.45) is 11.8 Å². The lowest BCUT2D eigenvalue weighted by Gasteiger charge is -2.10. The summed E-state index contributed by atoms with van der Waals surface area (Å²) in [6, 6.07) is 3.67. The number of carboxylic acid groups (broad SMARTS) is 1. The lowest BCUT2D eigenvalue weighted by Crippen LogP contribution is -2.31. The minimum absolute atomic E-state index is 0.0368. The molecule has 1 aromatic rings. The van der Waals surface area contributed by atoms with Crippen LogP contribution < -0.4 is 5.32 Å². The number of carbonyl (C=O) groups is 2. The fourth-order valence-electron chi connectivity index (χ4n) is 2.35. The maximum atomic E-state index is 11.8. The van der Waals surface area contributed by atoms with Gasteiger partial charge in [0.2, 0.25) is 5.91 Å². The molecule has 0 aromatic carbocycles. The van der Waals surface area contributed by atoms with Crippen LogP contribution in [0.2, 0.25) is 0 Å². The Bertz CT molecular complexity index is 413. The summed E-state index contributed by atoms with van der Waals surface area (Å²) in [5, 5.41) is 11.7. The molecule has 98 valence electrons. The van der Waals surface area contributed by atoms with Crippen molar-refractivity contribution in [1.29, 1.82) is 0 Å². The van der Waals surface area contributed by atoms with Crippen LogP contribution >= 0.6 is 0 Å².